The van der Waals surface area contributed by atoms with Gasteiger partial charge in [-0.25, -0.2) is 0 Å². The Morgan fingerprint density at radius 3 is 2.38 bits per heavy atom. The van der Waals surface area contributed by atoms with Crippen molar-refractivity contribution in [2.45, 2.75) is 18.9 Å². The molecule has 0 atom stereocenters. The average Bonchev–Trinajstić information content (AvgIpc) is 2.17. The van der Waals surface area contributed by atoms with Crippen LogP contribution in [-0.2, 0) is 4.79 Å². The number of carbonyl (C=O) groups excluding carboxylic acids is 1. The quantitative estimate of drug-likeness (QED) is 0.680. The van der Waals surface area contributed by atoms with E-state index in [4.69, 9.17) is 0 Å². The van der Waals surface area contributed by atoms with Gasteiger partial charge in [-0.05, 0) is 26.9 Å². The average molecular weight is 249 g/mol. The van der Waals surface area contributed by atoms with Gasteiger partial charge in [0.1, 0.15) is 0 Å². The van der Waals surface area contributed by atoms with Gasteiger partial charge in [0.2, 0.25) is 5.91 Å². The maximum Gasteiger partial charge on any atom is 0.233 e. The van der Waals surface area contributed by atoms with Crippen molar-refractivity contribution in [1.29, 1.82) is 0 Å². The summed E-state index contributed by atoms with van der Waals surface area (Å²) in [5.41, 5.74) is 0. The number of alkyl halides is 1. The standard InChI is InChI=1S/C9H17BrN2O/c1-11(2)8-3-5-12(6-4-8)9(13)7-10/h8H,3-7H2,1-2H3. The highest BCUT2D eigenvalue weighted by Gasteiger charge is 2.22. The summed E-state index contributed by atoms with van der Waals surface area (Å²) in [4.78, 5) is 15.5. The molecule has 1 saturated heterocycles. The molecule has 0 spiro atoms. The molecule has 1 rings (SSSR count). The van der Waals surface area contributed by atoms with Crippen molar-refractivity contribution in [2.75, 3.05) is 32.5 Å². The van der Waals surface area contributed by atoms with Gasteiger partial charge in [-0.15, -0.1) is 0 Å². The Hall–Kier alpha value is -0.0900. The van der Waals surface area contributed by atoms with Crippen LogP contribution < -0.4 is 0 Å². The van der Waals surface area contributed by atoms with Gasteiger partial charge in [-0.2, -0.15) is 0 Å². The van der Waals surface area contributed by atoms with Crippen LogP contribution in [0.1, 0.15) is 12.8 Å². The first-order valence-electron chi connectivity index (χ1n) is 4.65. The number of amides is 1. The molecule has 0 unspecified atom stereocenters. The van der Waals surface area contributed by atoms with Gasteiger partial charge in [0.25, 0.3) is 0 Å². The summed E-state index contributed by atoms with van der Waals surface area (Å²) in [5, 5.41) is 0.458. The van der Waals surface area contributed by atoms with E-state index in [0.717, 1.165) is 25.9 Å². The van der Waals surface area contributed by atoms with Crippen LogP contribution in [0.4, 0.5) is 0 Å². The van der Waals surface area contributed by atoms with Crippen molar-refractivity contribution in [1.82, 2.24) is 9.80 Å². The molecule has 0 saturated carbocycles. The SMILES string of the molecule is CN(C)C1CCN(C(=O)CBr)CC1. The second-order valence-corrected chi connectivity index (χ2v) is 4.27. The molecule has 0 aromatic heterocycles. The molecular formula is C9H17BrN2O. The number of hydrogen-bond acceptors (Lipinski definition) is 2. The molecule has 1 heterocycles. The molecular weight excluding hydrogens is 232 g/mol. The van der Waals surface area contributed by atoms with E-state index in [2.05, 4.69) is 34.9 Å². The molecule has 1 fully saturated rings. The van der Waals surface area contributed by atoms with Crippen LogP contribution in [0.25, 0.3) is 0 Å². The first-order valence-corrected chi connectivity index (χ1v) is 5.77. The van der Waals surface area contributed by atoms with E-state index in [0.29, 0.717) is 11.4 Å². The molecule has 0 bridgehead atoms. The number of halogens is 1. The smallest absolute Gasteiger partial charge is 0.233 e. The van der Waals surface area contributed by atoms with E-state index in [1.165, 1.54) is 0 Å². The van der Waals surface area contributed by atoms with Gasteiger partial charge in [-0.3, -0.25) is 4.79 Å². The molecule has 13 heavy (non-hydrogen) atoms. The monoisotopic (exact) mass is 248 g/mol. The van der Waals surface area contributed by atoms with Crippen LogP contribution in [-0.4, -0.2) is 54.3 Å². The van der Waals surface area contributed by atoms with Gasteiger partial charge in [0.15, 0.2) is 0 Å². The molecule has 0 aliphatic carbocycles. The summed E-state index contributed by atoms with van der Waals surface area (Å²) < 4.78 is 0. The van der Waals surface area contributed by atoms with Crippen LogP contribution in [0, 0.1) is 0 Å². The number of nitrogens with zero attached hydrogens (tertiary/aromatic N) is 2. The summed E-state index contributed by atoms with van der Waals surface area (Å²) in [6.07, 6.45) is 2.21. The van der Waals surface area contributed by atoms with Crippen LogP contribution in [0.15, 0.2) is 0 Å². The maximum absolute atomic E-state index is 11.3. The topological polar surface area (TPSA) is 23.6 Å². The van der Waals surface area contributed by atoms with E-state index >= 15 is 0 Å². The highest BCUT2D eigenvalue weighted by Crippen LogP contribution is 2.14. The zero-order valence-corrected chi connectivity index (χ0v) is 9.88. The lowest BCUT2D eigenvalue weighted by Crippen LogP contribution is -2.44. The minimum Gasteiger partial charge on any atom is -0.342 e. The fraction of sp³-hybridized carbons (Fsp3) is 0.889. The van der Waals surface area contributed by atoms with Crippen molar-refractivity contribution in [2.24, 2.45) is 0 Å². The van der Waals surface area contributed by atoms with Crippen molar-refractivity contribution >= 4 is 21.8 Å². The third-order valence-corrected chi connectivity index (χ3v) is 3.14. The summed E-state index contributed by atoms with van der Waals surface area (Å²) in [6.45, 7) is 1.82. The lowest BCUT2D eigenvalue weighted by atomic mass is 10.0. The molecule has 0 radical (unpaired) electrons. The Morgan fingerprint density at radius 2 is 2.00 bits per heavy atom. The molecule has 76 valence electrons. The van der Waals surface area contributed by atoms with Crippen molar-refractivity contribution in [3.8, 4) is 0 Å². The van der Waals surface area contributed by atoms with E-state index in [9.17, 15) is 4.79 Å². The minimum absolute atomic E-state index is 0.220. The van der Waals surface area contributed by atoms with Crippen molar-refractivity contribution < 1.29 is 4.79 Å². The van der Waals surface area contributed by atoms with Crippen LogP contribution >= 0.6 is 15.9 Å². The first kappa shape index (κ1) is 11.0. The van der Waals surface area contributed by atoms with Gasteiger partial charge in [0.05, 0.1) is 5.33 Å². The van der Waals surface area contributed by atoms with Gasteiger partial charge < -0.3 is 9.80 Å². The lowest BCUT2D eigenvalue weighted by molar-refractivity contribution is -0.129. The molecule has 1 aliphatic heterocycles. The highest BCUT2D eigenvalue weighted by molar-refractivity contribution is 9.09. The summed E-state index contributed by atoms with van der Waals surface area (Å²) >= 11 is 3.19. The van der Waals surface area contributed by atoms with Gasteiger partial charge in [-0.1, -0.05) is 15.9 Å². The molecule has 0 aromatic rings. The third-order valence-electron chi connectivity index (χ3n) is 2.66. The van der Waals surface area contributed by atoms with E-state index in [1.807, 2.05) is 4.90 Å². The highest BCUT2D eigenvalue weighted by atomic mass is 79.9. The van der Waals surface area contributed by atoms with E-state index < -0.39 is 0 Å². The number of likely N-dealkylation sites (tertiary alicyclic amines) is 1. The number of hydrogen-bond donors (Lipinski definition) is 0. The van der Waals surface area contributed by atoms with E-state index in [1.54, 1.807) is 0 Å². The van der Waals surface area contributed by atoms with Gasteiger partial charge >= 0.3 is 0 Å². The summed E-state index contributed by atoms with van der Waals surface area (Å²) in [7, 11) is 4.21. The minimum atomic E-state index is 0.220. The third kappa shape index (κ3) is 2.95. The Kier molecular flexibility index (Phi) is 4.19. The van der Waals surface area contributed by atoms with Crippen LogP contribution in [0.2, 0.25) is 0 Å². The summed E-state index contributed by atoms with van der Waals surface area (Å²) in [6, 6.07) is 0.652. The van der Waals surface area contributed by atoms with Crippen LogP contribution in [0.3, 0.4) is 0 Å². The van der Waals surface area contributed by atoms with Gasteiger partial charge in [0, 0.05) is 19.1 Å². The fourth-order valence-electron chi connectivity index (χ4n) is 1.72. The number of piperidine rings is 1. The molecule has 0 N–H and O–H groups in total. The predicted molar refractivity (Wildman–Crippen MR) is 57.1 cm³/mol. The Morgan fingerprint density at radius 1 is 1.46 bits per heavy atom. The maximum atomic E-state index is 11.3. The Balaban J connectivity index is 2.34. The van der Waals surface area contributed by atoms with Crippen molar-refractivity contribution in [3.05, 3.63) is 0 Å². The zero-order chi connectivity index (χ0) is 9.84. The second-order valence-electron chi connectivity index (χ2n) is 3.71. The molecule has 4 heteroatoms. The molecule has 1 aliphatic rings. The Labute approximate surface area is 88.2 Å². The number of rotatable bonds is 2. The predicted octanol–water partition coefficient (Wildman–Crippen LogP) is 0.934. The fourth-order valence-corrected chi connectivity index (χ4v) is 2.07. The molecule has 3 nitrogen and oxygen atoms in total. The Bertz CT molecular complexity index is 176. The lowest BCUT2D eigenvalue weighted by Gasteiger charge is -2.34. The van der Waals surface area contributed by atoms with Crippen LogP contribution in [0.5, 0.6) is 0 Å². The van der Waals surface area contributed by atoms with Crippen molar-refractivity contribution in [3.63, 3.8) is 0 Å². The molecule has 1 amide bonds. The zero-order valence-electron chi connectivity index (χ0n) is 8.29. The normalized spacial score (nSPS) is 19.5. The number of carbonyl (C=O) groups is 1. The first-order chi connectivity index (χ1) is 6.15. The molecule has 0 aromatic carbocycles. The second kappa shape index (κ2) is 4.96. The van der Waals surface area contributed by atoms with E-state index in [-0.39, 0.29) is 5.91 Å². The summed E-state index contributed by atoms with van der Waals surface area (Å²) in [5.74, 6) is 0.220. The largest absolute Gasteiger partial charge is 0.342 e.